The molecule has 5 heteroatoms. The number of ether oxygens (including phenoxy) is 1. The molecule has 1 aromatic rings. The van der Waals surface area contributed by atoms with Gasteiger partial charge in [0.25, 0.3) is 5.91 Å². The molecule has 19 heavy (non-hydrogen) atoms. The van der Waals surface area contributed by atoms with Crippen LogP contribution in [-0.4, -0.2) is 25.1 Å². The minimum Gasteiger partial charge on any atom is -0.497 e. The fraction of sp³-hybridized carbons (Fsp3) is 0.500. The summed E-state index contributed by atoms with van der Waals surface area (Å²) in [6, 6.07) is 4.09. The maximum atomic E-state index is 13.8. The van der Waals surface area contributed by atoms with Crippen LogP contribution in [0.2, 0.25) is 0 Å². The molecule has 104 valence electrons. The maximum Gasteiger partial charge on any atom is 0.254 e. The van der Waals surface area contributed by atoms with Crippen LogP contribution >= 0.6 is 0 Å². The summed E-state index contributed by atoms with van der Waals surface area (Å²) in [6.07, 6.45) is 3.88. The minimum atomic E-state index is -0.582. The number of carbonyl (C=O) groups excluding carboxylic acids is 1. The molecule has 1 aromatic carbocycles. The third-order valence-electron chi connectivity index (χ3n) is 3.56. The quantitative estimate of drug-likeness (QED) is 0.877. The van der Waals surface area contributed by atoms with Crippen LogP contribution in [-0.2, 0) is 0 Å². The number of hydrogen-bond acceptors (Lipinski definition) is 3. The summed E-state index contributed by atoms with van der Waals surface area (Å²) in [5.41, 5.74) is 5.99. The van der Waals surface area contributed by atoms with Crippen LogP contribution in [0.5, 0.6) is 5.75 Å². The second-order valence-corrected chi connectivity index (χ2v) is 4.87. The molecule has 0 heterocycles. The molecule has 0 aliphatic heterocycles. The van der Waals surface area contributed by atoms with E-state index in [1.54, 1.807) is 6.07 Å². The fourth-order valence-corrected chi connectivity index (χ4v) is 2.39. The van der Waals surface area contributed by atoms with Gasteiger partial charge in [-0.25, -0.2) is 4.39 Å². The third-order valence-corrected chi connectivity index (χ3v) is 3.56. The Bertz CT molecular complexity index is 465. The Hall–Kier alpha value is -1.62. The van der Waals surface area contributed by atoms with E-state index in [0.29, 0.717) is 5.75 Å². The summed E-state index contributed by atoms with van der Waals surface area (Å²) in [4.78, 5) is 12.0. The number of hydrogen-bond donors (Lipinski definition) is 2. The molecule has 0 aromatic heterocycles. The van der Waals surface area contributed by atoms with Crippen molar-refractivity contribution in [3.05, 3.63) is 29.6 Å². The van der Waals surface area contributed by atoms with E-state index in [0.717, 1.165) is 25.7 Å². The van der Waals surface area contributed by atoms with E-state index in [9.17, 15) is 9.18 Å². The van der Waals surface area contributed by atoms with Crippen LogP contribution in [0.3, 0.4) is 0 Å². The smallest absolute Gasteiger partial charge is 0.254 e. The van der Waals surface area contributed by atoms with Crippen molar-refractivity contribution in [1.82, 2.24) is 5.32 Å². The van der Waals surface area contributed by atoms with Crippen LogP contribution in [0, 0.1) is 5.82 Å². The lowest BCUT2D eigenvalue weighted by atomic mass is 9.91. The third kappa shape index (κ3) is 3.23. The molecule has 4 nitrogen and oxygen atoms in total. The first-order chi connectivity index (χ1) is 9.11. The molecule has 0 spiro atoms. The molecule has 1 amide bonds. The van der Waals surface area contributed by atoms with E-state index in [-0.39, 0.29) is 17.6 Å². The Morgan fingerprint density at radius 3 is 2.79 bits per heavy atom. The number of benzene rings is 1. The SMILES string of the molecule is COc1ccc(C(=O)NC2CCCCC2N)c(F)c1. The van der Waals surface area contributed by atoms with Crippen LogP contribution in [0.1, 0.15) is 36.0 Å². The molecular weight excluding hydrogens is 247 g/mol. The lowest BCUT2D eigenvalue weighted by molar-refractivity contribution is 0.0917. The zero-order valence-corrected chi connectivity index (χ0v) is 11.0. The zero-order valence-electron chi connectivity index (χ0n) is 11.0. The summed E-state index contributed by atoms with van der Waals surface area (Å²) >= 11 is 0. The first-order valence-corrected chi connectivity index (χ1v) is 6.52. The van der Waals surface area contributed by atoms with Gasteiger partial charge in [-0.1, -0.05) is 12.8 Å². The van der Waals surface area contributed by atoms with Gasteiger partial charge in [0.2, 0.25) is 0 Å². The van der Waals surface area contributed by atoms with Gasteiger partial charge in [-0.05, 0) is 25.0 Å². The van der Waals surface area contributed by atoms with Gasteiger partial charge in [-0.2, -0.15) is 0 Å². The monoisotopic (exact) mass is 266 g/mol. The second kappa shape index (κ2) is 6.02. The fourth-order valence-electron chi connectivity index (χ4n) is 2.39. The minimum absolute atomic E-state index is 0.0265. The highest BCUT2D eigenvalue weighted by Gasteiger charge is 2.24. The van der Waals surface area contributed by atoms with E-state index in [1.807, 2.05) is 0 Å². The number of nitrogens with one attached hydrogen (secondary N) is 1. The Labute approximate surface area is 112 Å². The summed E-state index contributed by atoms with van der Waals surface area (Å²) in [5, 5.41) is 2.82. The average molecular weight is 266 g/mol. The largest absolute Gasteiger partial charge is 0.497 e. The summed E-state index contributed by atoms with van der Waals surface area (Å²) in [7, 11) is 1.45. The molecule has 0 bridgehead atoms. The van der Waals surface area contributed by atoms with Crippen molar-refractivity contribution in [2.24, 2.45) is 5.73 Å². The molecule has 2 rings (SSSR count). The molecule has 3 N–H and O–H groups in total. The summed E-state index contributed by atoms with van der Waals surface area (Å²) < 4.78 is 18.7. The number of amides is 1. The normalized spacial score (nSPS) is 22.9. The lowest BCUT2D eigenvalue weighted by Gasteiger charge is -2.29. The van der Waals surface area contributed by atoms with Gasteiger partial charge >= 0.3 is 0 Å². The van der Waals surface area contributed by atoms with Gasteiger partial charge < -0.3 is 15.8 Å². The van der Waals surface area contributed by atoms with Gasteiger partial charge in [0, 0.05) is 18.2 Å². The number of halogens is 1. The van der Waals surface area contributed by atoms with Crippen molar-refractivity contribution < 1.29 is 13.9 Å². The molecule has 2 atom stereocenters. The Morgan fingerprint density at radius 1 is 1.42 bits per heavy atom. The molecule has 0 radical (unpaired) electrons. The van der Waals surface area contributed by atoms with E-state index in [4.69, 9.17) is 10.5 Å². The van der Waals surface area contributed by atoms with Gasteiger partial charge in [-0.3, -0.25) is 4.79 Å². The van der Waals surface area contributed by atoms with Crippen molar-refractivity contribution in [3.63, 3.8) is 0 Å². The predicted molar refractivity (Wildman–Crippen MR) is 70.6 cm³/mol. The Kier molecular flexibility index (Phi) is 4.37. The van der Waals surface area contributed by atoms with E-state index in [2.05, 4.69) is 5.32 Å². The van der Waals surface area contributed by atoms with Crippen molar-refractivity contribution in [1.29, 1.82) is 0 Å². The molecule has 1 aliphatic rings. The maximum absolute atomic E-state index is 13.8. The van der Waals surface area contributed by atoms with Crippen LogP contribution < -0.4 is 15.8 Å². The van der Waals surface area contributed by atoms with Crippen molar-refractivity contribution >= 4 is 5.91 Å². The highest BCUT2D eigenvalue weighted by molar-refractivity contribution is 5.94. The molecular formula is C14H19FN2O2. The lowest BCUT2D eigenvalue weighted by Crippen LogP contribution is -2.49. The van der Waals surface area contributed by atoms with E-state index >= 15 is 0 Å². The van der Waals surface area contributed by atoms with Gasteiger partial charge in [0.05, 0.1) is 12.7 Å². The number of rotatable bonds is 3. The summed E-state index contributed by atoms with van der Waals surface area (Å²) in [5.74, 6) is -0.604. The predicted octanol–water partition coefficient (Wildman–Crippen LogP) is 1.83. The molecule has 1 saturated carbocycles. The highest BCUT2D eigenvalue weighted by Crippen LogP contribution is 2.19. The average Bonchev–Trinajstić information content (AvgIpc) is 2.41. The molecule has 1 fully saturated rings. The number of carbonyl (C=O) groups is 1. The first kappa shape index (κ1) is 13.8. The molecule has 2 unspecified atom stereocenters. The van der Waals surface area contributed by atoms with Crippen LogP contribution in [0.4, 0.5) is 4.39 Å². The Balaban J connectivity index is 2.07. The van der Waals surface area contributed by atoms with Crippen LogP contribution in [0.25, 0.3) is 0 Å². The van der Waals surface area contributed by atoms with E-state index in [1.165, 1.54) is 19.2 Å². The van der Waals surface area contributed by atoms with E-state index < -0.39 is 11.7 Å². The van der Waals surface area contributed by atoms with Crippen molar-refractivity contribution in [2.75, 3.05) is 7.11 Å². The molecule has 1 aliphatic carbocycles. The van der Waals surface area contributed by atoms with Crippen molar-refractivity contribution in [2.45, 2.75) is 37.8 Å². The Morgan fingerprint density at radius 2 is 2.16 bits per heavy atom. The zero-order chi connectivity index (χ0) is 13.8. The second-order valence-electron chi connectivity index (χ2n) is 4.87. The topological polar surface area (TPSA) is 64.3 Å². The molecule has 0 saturated heterocycles. The van der Waals surface area contributed by atoms with Crippen molar-refractivity contribution in [3.8, 4) is 5.75 Å². The number of nitrogens with two attached hydrogens (primary N) is 1. The van der Waals surface area contributed by atoms with Gasteiger partial charge in [0.1, 0.15) is 11.6 Å². The first-order valence-electron chi connectivity index (χ1n) is 6.52. The van der Waals surface area contributed by atoms with Gasteiger partial charge in [-0.15, -0.1) is 0 Å². The summed E-state index contributed by atoms with van der Waals surface area (Å²) in [6.45, 7) is 0. The van der Waals surface area contributed by atoms with Crippen LogP contribution in [0.15, 0.2) is 18.2 Å². The number of methoxy groups -OCH3 is 1. The standard InChI is InChI=1S/C14H19FN2O2/c1-19-9-6-7-10(11(15)8-9)14(18)17-13-5-3-2-4-12(13)16/h6-8,12-13H,2-5,16H2,1H3,(H,17,18). The van der Waals surface area contributed by atoms with Gasteiger partial charge in [0.15, 0.2) is 0 Å². The highest BCUT2D eigenvalue weighted by atomic mass is 19.1.